The van der Waals surface area contributed by atoms with Crippen LogP contribution in [0.3, 0.4) is 0 Å². The van der Waals surface area contributed by atoms with Crippen LogP contribution in [0.25, 0.3) is 11.0 Å². The Balaban J connectivity index is 1.68. The molecule has 0 atom stereocenters. The van der Waals surface area contributed by atoms with Crippen molar-refractivity contribution >= 4 is 17.1 Å². The lowest BCUT2D eigenvalue weighted by Crippen LogP contribution is -2.34. The average molecular weight is 230 g/mol. The molecule has 2 amide bonds. The monoisotopic (exact) mass is 230 g/mol. The van der Waals surface area contributed by atoms with E-state index in [9.17, 15) is 4.79 Å². The van der Waals surface area contributed by atoms with E-state index in [1.165, 1.54) is 12.8 Å². The Labute approximate surface area is 98.8 Å². The number of carbonyl (C=O) groups excluding carboxylic acids is 1. The molecule has 0 unspecified atom stereocenters. The van der Waals surface area contributed by atoms with Gasteiger partial charge in [0.1, 0.15) is 6.33 Å². The van der Waals surface area contributed by atoms with E-state index >= 15 is 0 Å². The molecule has 0 saturated heterocycles. The van der Waals surface area contributed by atoms with Gasteiger partial charge in [0.15, 0.2) is 0 Å². The first kappa shape index (κ1) is 10.1. The summed E-state index contributed by atoms with van der Waals surface area (Å²) in [5.41, 5.74) is 4.52. The average Bonchev–Trinajstić information content (AvgIpc) is 3.10. The predicted octanol–water partition coefficient (Wildman–Crippen LogP) is 1.70. The van der Waals surface area contributed by atoms with E-state index in [4.69, 9.17) is 0 Å². The number of aromatic nitrogens is 2. The summed E-state index contributed by atoms with van der Waals surface area (Å²) < 4.78 is 1.64. The van der Waals surface area contributed by atoms with Crippen LogP contribution in [-0.2, 0) is 0 Å². The molecule has 1 aromatic heterocycles. The zero-order valence-corrected chi connectivity index (χ0v) is 9.39. The summed E-state index contributed by atoms with van der Waals surface area (Å²) in [6.07, 6.45) is 4.07. The summed E-state index contributed by atoms with van der Waals surface area (Å²) in [7, 11) is 0. The van der Waals surface area contributed by atoms with Crippen LogP contribution >= 0.6 is 0 Å². The number of nitrogens with zero attached hydrogens (tertiary/aromatic N) is 2. The van der Waals surface area contributed by atoms with Gasteiger partial charge in [0.2, 0.25) is 0 Å². The second-order valence-electron chi connectivity index (χ2n) is 4.37. The number of benzene rings is 1. The van der Waals surface area contributed by atoms with Crippen molar-refractivity contribution in [2.45, 2.75) is 12.8 Å². The molecule has 17 heavy (non-hydrogen) atoms. The van der Waals surface area contributed by atoms with E-state index in [0.717, 1.165) is 17.6 Å². The Morgan fingerprint density at radius 1 is 1.41 bits per heavy atom. The molecule has 5 heteroatoms. The van der Waals surface area contributed by atoms with Crippen molar-refractivity contribution in [3.63, 3.8) is 0 Å². The molecule has 1 saturated carbocycles. The van der Waals surface area contributed by atoms with Gasteiger partial charge in [-0.1, -0.05) is 12.1 Å². The fourth-order valence-electron chi connectivity index (χ4n) is 1.76. The van der Waals surface area contributed by atoms with Gasteiger partial charge in [-0.3, -0.25) is 0 Å². The van der Waals surface area contributed by atoms with Crippen LogP contribution in [0, 0.1) is 5.92 Å². The Bertz CT molecular complexity index is 544. The SMILES string of the molecule is O=C(NCC1CC1)Nn1cnc2ccccc21. The van der Waals surface area contributed by atoms with E-state index in [1.807, 2.05) is 24.3 Å². The molecule has 1 aliphatic carbocycles. The minimum Gasteiger partial charge on any atom is -0.336 e. The van der Waals surface area contributed by atoms with Gasteiger partial charge in [0, 0.05) is 6.54 Å². The Morgan fingerprint density at radius 2 is 2.24 bits per heavy atom. The van der Waals surface area contributed by atoms with E-state index in [0.29, 0.717) is 5.92 Å². The van der Waals surface area contributed by atoms with Gasteiger partial charge in [0.05, 0.1) is 11.0 Å². The van der Waals surface area contributed by atoms with Crippen molar-refractivity contribution in [2.75, 3.05) is 12.0 Å². The minimum atomic E-state index is -0.181. The predicted molar refractivity (Wildman–Crippen MR) is 65.2 cm³/mol. The highest BCUT2D eigenvalue weighted by atomic mass is 16.2. The molecule has 1 aliphatic rings. The van der Waals surface area contributed by atoms with Crippen LogP contribution in [-0.4, -0.2) is 22.2 Å². The number of para-hydroxylation sites is 2. The number of hydrogen-bond donors (Lipinski definition) is 2. The number of fused-ring (bicyclic) bond motifs is 1. The molecule has 1 fully saturated rings. The summed E-state index contributed by atoms with van der Waals surface area (Å²) in [4.78, 5) is 15.8. The summed E-state index contributed by atoms with van der Waals surface area (Å²) in [5, 5.41) is 2.85. The van der Waals surface area contributed by atoms with Crippen molar-refractivity contribution < 1.29 is 4.79 Å². The number of carbonyl (C=O) groups is 1. The zero-order chi connectivity index (χ0) is 11.7. The zero-order valence-electron chi connectivity index (χ0n) is 9.39. The molecule has 2 N–H and O–H groups in total. The van der Waals surface area contributed by atoms with Crippen LogP contribution in [0.1, 0.15) is 12.8 Å². The van der Waals surface area contributed by atoms with E-state index in [1.54, 1.807) is 11.0 Å². The second kappa shape index (κ2) is 4.08. The van der Waals surface area contributed by atoms with Gasteiger partial charge in [-0.25, -0.2) is 19.9 Å². The molecule has 3 rings (SSSR count). The molecule has 2 aromatic rings. The maximum atomic E-state index is 11.6. The third-order valence-corrected chi connectivity index (χ3v) is 2.92. The van der Waals surface area contributed by atoms with Gasteiger partial charge < -0.3 is 5.32 Å². The summed E-state index contributed by atoms with van der Waals surface area (Å²) >= 11 is 0. The van der Waals surface area contributed by atoms with E-state index < -0.39 is 0 Å². The highest BCUT2D eigenvalue weighted by molar-refractivity contribution is 5.85. The fourth-order valence-corrected chi connectivity index (χ4v) is 1.76. The smallest absolute Gasteiger partial charge is 0.333 e. The normalized spacial score (nSPS) is 14.8. The quantitative estimate of drug-likeness (QED) is 0.843. The second-order valence-corrected chi connectivity index (χ2v) is 4.37. The van der Waals surface area contributed by atoms with Crippen molar-refractivity contribution in [2.24, 2.45) is 5.92 Å². The molecule has 1 heterocycles. The number of imidazole rings is 1. The number of rotatable bonds is 3. The molecule has 1 aromatic carbocycles. The third kappa shape index (κ3) is 2.22. The Kier molecular flexibility index (Phi) is 2.44. The topological polar surface area (TPSA) is 59.0 Å². The van der Waals surface area contributed by atoms with Crippen LogP contribution < -0.4 is 10.7 Å². The highest BCUT2D eigenvalue weighted by Gasteiger charge is 2.21. The van der Waals surface area contributed by atoms with Crippen LogP contribution in [0.2, 0.25) is 0 Å². The largest absolute Gasteiger partial charge is 0.336 e. The van der Waals surface area contributed by atoms with Crippen LogP contribution in [0.5, 0.6) is 0 Å². The van der Waals surface area contributed by atoms with Gasteiger partial charge in [-0.05, 0) is 30.9 Å². The summed E-state index contributed by atoms with van der Waals surface area (Å²) in [6.45, 7) is 0.762. The van der Waals surface area contributed by atoms with Gasteiger partial charge in [0.25, 0.3) is 0 Å². The molecular formula is C12H14N4O. The maximum Gasteiger partial charge on any atom is 0.333 e. The summed E-state index contributed by atoms with van der Waals surface area (Å²) in [6, 6.07) is 7.50. The number of hydrogen-bond acceptors (Lipinski definition) is 2. The molecule has 0 bridgehead atoms. The van der Waals surface area contributed by atoms with E-state index in [2.05, 4.69) is 15.7 Å². The third-order valence-electron chi connectivity index (χ3n) is 2.92. The van der Waals surface area contributed by atoms with Crippen LogP contribution in [0.4, 0.5) is 4.79 Å². The fraction of sp³-hybridized carbons (Fsp3) is 0.333. The van der Waals surface area contributed by atoms with Gasteiger partial charge in [-0.15, -0.1) is 0 Å². The Morgan fingerprint density at radius 3 is 3.06 bits per heavy atom. The highest BCUT2D eigenvalue weighted by Crippen LogP contribution is 2.27. The first-order valence-electron chi connectivity index (χ1n) is 5.80. The Hall–Kier alpha value is -2.04. The standard InChI is InChI=1S/C12H14N4O/c17-12(13-7-9-5-6-9)15-16-8-14-10-3-1-2-4-11(10)16/h1-4,8-9H,5-7H2,(H2,13,15,17). The lowest BCUT2D eigenvalue weighted by Gasteiger charge is -2.08. The van der Waals surface area contributed by atoms with E-state index in [-0.39, 0.29) is 6.03 Å². The molecule has 0 aliphatic heterocycles. The van der Waals surface area contributed by atoms with Crippen molar-refractivity contribution in [1.29, 1.82) is 0 Å². The molecule has 0 radical (unpaired) electrons. The first-order valence-corrected chi connectivity index (χ1v) is 5.80. The van der Waals surface area contributed by atoms with Gasteiger partial charge in [-0.2, -0.15) is 0 Å². The minimum absolute atomic E-state index is 0.181. The number of amides is 2. The lowest BCUT2D eigenvalue weighted by molar-refractivity contribution is 0.249. The molecule has 5 nitrogen and oxygen atoms in total. The van der Waals surface area contributed by atoms with Crippen LogP contribution in [0.15, 0.2) is 30.6 Å². The van der Waals surface area contributed by atoms with Gasteiger partial charge >= 0.3 is 6.03 Å². The summed E-state index contributed by atoms with van der Waals surface area (Å²) in [5.74, 6) is 0.681. The maximum absolute atomic E-state index is 11.6. The molecule has 0 spiro atoms. The van der Waals surface area contributed by atoms with Crippen molar-refractivity contribution in [3.8, 4) is 0 Å². The number of urea groups is 1. The van der Waals surface area contributed by atoms with Crippen molar-refractivity contribution in [1.82, 2.24) is 15.0 Å². The van der Waals surface area contributed by atoms with Crippen molar-refractivity contribution in [3.05, 3.63) is 30.6 Å². The molecule has 88 valence electrons. The number of nitrogens with one attached hydrogen (secondary N) is 2. The lowest BCUT2D eigenvalue weighted by atomic mass is 10.3. The first-order chi connectivity index (χ1) is 8.33. The molecular weight excluding hydrogens is 216 g/mol.